The van der Waals surface area contributed by atoms with Crippen molar-refractivity contribution in [3.63, 3.8) is 0 Å². The molecule has 0 spiro atoms. The molecule has 0 heteroatoms. The van der Waals surface area contributed by atoms with E-state index >= 15 is 0 Å². The highest BCUT2D eigenvalue weighted by atomic mass is 14.4. The van der Waals surface area contributed by atoms with E-state index in [9.17, 15) is 0 Å². The van der Waals surface area contributed by atoms with Crippen LogP contribution in [0.3, 0.4) is 0 Å². The summed E-state index contributed by atoms with van der Waals surface area (Å²) in [6, 6.07) is 0. The van der Waals surface area contributed by atoms with Gasteiger partial charge in [-0.15, -0.1) is 6.58 Å². The van der Waals surface area contributed by atoms with Crippen LogP contribution in [0.2, 0.25) is 0 Å². The molecule has 0 amide bonds. The Morgan fingerprint density at radius 1 is 1.36 bits per heavy atom. The molecule has 1 saturated carbocycles. The van der Waals surface area contributed by atoms with E-state index in [1.165, 1.54) is 38.5 Å². The van der Waals surface area contributed by atoms with E-state index in [4.69, 9.17) is 0 Å². The highest BCUT2D eigenvalue weighted by Gasteiger charge is 2.36. The highest BCUT2D eigenvalue weighted by molar-refractivity contribution is 4.92. The average molecular weight is 194 g/mol. The van der Waals surface area contributed by atoms with E-state index in [1.54, 1.807) is 0 Å². The fourth-order valence-electron chi connectivity index (χ4n) is 3.06. The molecule has 0 heterocycles. The summed E-state index contributed by atoms with van der Waals surface area (Å²) in [4.78, 5) is 0. The zero-order chi connectivity index (χ0) is 10.6. The second-order valence-electron chi connectivity index (χ2n) is 5.34. The average Bonchev–Trinajstić information content (AvgIpc) is 2.19. The summed E-state index contributed by atoms with van der Waals surface area (Å²) in [6.45, 7) is 11.1. The minimum Gasteiger partial charge on any atom is -0.103 e. The van der Waals surface area contributed by atoms with Crippen molar-refractivity contribution in [3.05, 3.63) is 12.7 Å². The van der Waals surface area contributed by atoms with Crippen molar-refractivity contribution in [3.8, 4) is 0 Å². The predicted molar refractivity (Wildman–Crippen MR) is 64.3 cm³/mol. The highest BCUT2D eigenvalue weighted by Crippen LogP contribution is 2.47. The van der Waals surface area contributed by atoms with Gasteiger partial charge in [-0.25, -0.2) is 0 Å². The topological polar surface area (TPSA) is 0 Å². The first-order chi connectivity index (χ1) is 6.64. The van der Waals surface area contributed by atoms with Gasteiger partial charge in [0.15, 0.2) is 0 Å². The lowest BCUT2D eigenvalue weighted by Crippen LogP contribution is -2.32. The lowest BCUT2D eigenvalue weighted by atomic mass is 9.62. The largest absolute Gasteiger partial charge is 0.103 e. The summed E-state index contributed by atoms with van der Waals surface area (Å²) in [5, 5.41) is 0. The fraction of sp³-hybridized carbons (Fsp3) is 0.857. The van der Waals surface area contributed by atoms with E-state index in [1.807, 2.05) is 0 Å². The first-order valence-corrected chi connectivity index (χ1v) is 6.27. The molecule has 82 valence electrons. The van der Waals surface area contributed by atoms with Gasteiger partial charge in [0.2, 0.25) is 0 Å². The maximum atomic E-state index is 3.92. The smallest absolute Gasteiger partial charge is 0.0236 e. The van der Waals surface area contributed by atoms with Crippen LogP contribution < -0.4 is 0 Å². The van der Waals surface area contributed by atoms with Crippen LogP contribution in [0.1, 0.15) is 59.3 Å². The summed E-state index contributed by atoms with van der Waals surface area (Å²) in [5.41, 5.74) is 0.661. The Morgan fingerprint density at radius 2 is 1.93 bits per heavy atom. The standard InChI is InChI=1S/C14H26/c1-5-9-14(12(3)4)10-7-13(6-2)8-11-14/h6,12-13H,2,5,7-11H2,1,3-4H3. The molecule has 1 aliphatic carbocycles. The molecule has 0 saturated heterocycles. The molecule has 0 radical (unpaired) electrons. The van der Waals surface area contributed by atoms with Gasteiger partial charge in [-0.05, 0) is 49.4 Å². The van der Waals surface area contributed by atoms with Crippen LogP contribution in [0.5, 0.6) is 0 Å². The first-order valence-electron chi connectivity index (χ1n) is 6.27. The van der Waals surface area contributed by atoms with Gasteiger partial charge in [-0.1, -0.05) is 33.3 Å². The van der Waals surface area contributed by atoms with Crippen molar-refractivity contribution in [1.29, 1.82) is 0 Å². The SMILES string of the molecule is C=CC1CCC(CCC)(C(C)C)CC1. The third kappa shape index (κ3) is 2.40. The molecule has 0 nitrogen and oxygen atoms in total. The Hall–Kier alpha value is -0.260. The van der Waals surface area contributed by atoms with Gasteiger partial charge < -0.3 is 0 Å². The van der Waals surface area contributed by atoms with Gasteiger partial charge >= 0.3 is 0 Å². The van der Waals surface area contributed by atoms with Gasteiger partial charge in [0, 0.05) is 0 Å². The third-order valence-electron chi connectivity index (χ3n) is 4.33. The minimum atomic E-state index is 0.661. The van der Waals surface area contributed by atoms with E-state index in [0.717, 1.165) is 11.8 Å². The molecule has 0 aromatic rings. The van der Waals surface area contributed by atoms with E-state index in [2.05, 4.69) is 33.4 Å². The van der Waals surface area contributed by atoms with Crippen molar-refractivity contribution >= 4 is 0 Å². The summed E-state index contributed by atoms with van der Waals surface area (Å²) < 4.78 is 0. The normalized spacial score (nSPS) is 33.3. The Bertz CT molecular complexity index is 170. The van der Waals surface area contributed by atoms with E-state index in [0.29, 0.717) is 5.41 Å². The summed E-state index contributed by atoms with van der Waals surface area (Å²) in [5.74, 6) is 1.66. The molecule has 1 aliphatic rings. The quantitative estimate of drug-likeness (QED) is 0.564. The lowest BCUT2D eigenvalue weighted by Gasteiger charge is -2.43. The number of hydrogen-bond acceptors (Lipinski definition) is 0. The zero-order valence-electron chi connectivity index (χ0n) is 10.2. The molecule has 0 bridgehead atoms. The Labute approximate surface area is 89.8 Å². The number of allylic oxidation sites excluding steroid dienone is 1. The van der Waals surface area contributed by atoms with Crippen LogP contribution in [-0.4, -0.2) is 0 Å². The Kier molecular flexibility index (Phi) is 4.22. The maximum absolute atomic E-state index is 3.92. The minimum absolute atomic E-state index is 0.661. The van der Waals surface area contributed by atoms with Gasteiger partial charge in [0.05, 0.1) is 0 Å². The van der Waals surface area contributed by atoms with Crippen molar-refractivity contribution in [1.82, 2.24) is 0 Å². The fourth-order valence-corrected chi connectivity index (χ4v) is 3.06. The molecule has 0 aliphatic heterocycles. The maximum Gasteiger partial charge on any atom is -0.0236 e. The number of hydrogen-bond donors (Lipinski definition) is 0. The van der Waals surface area contributed by atoms with Crippen LogP contribution in [-0.2, 0) is 0 Å². The van der Waals surface area contributed by atoms with Crippen molar-refractivity contribution in [2.24, 2.45) is 17.3 Å². The molecule has 14 heavy (non-hydrogen) atoms. The second-order valence-corrected chi connectivity index (χ2v) is 5.34. The molecule has 0 aromatic heterocycles. The van der Waals surface area contributed by atoms with E-state index in [-0.39, 0.29) is 0 Å². The molecule has 1 rings (SSSR count). The van der Waals surface area contributed by atoms with E-state index < -0.39 is 0 Å². The first kappa shape index (κ1) is 11.8. The summed E-state index contributed by atoms with van der Waals surface area (Å²) in [6.07, 6.45) is 10.5. The van der Waals surface area contributed by atoms with Gasteiger partial charge in [-0.2, -0.15) is 0 Å². The molecule has 0 atom stereocenters. The van der Waals surface area contributed by atoms with Crippen LogP contribution in [0.4, 0.5) is 0 Å². The van der Waals surface area contributed by atoms with Crippen LogP contribution in [0.15, 0.2) is 12.7 Å². The zero-order valence-corrected chi connectivity index (χ0v) is 10.2. The Morgan fingerprint density at radius 3 is 2.29 bits per heavy atom. The predicted octanol–water partition coefficient (Wildman–Crippen LogP) is 4.81. The van der Waals surface area contributed by atoms with Gasteiger partial charge in [0.1, 0.15) is 0 Å². The van der Waals surface area contributed by atoms with Crippen LogP contribution >= 0.6 is 0 Å². The molecule has 0 N–H and O–H groups in total. The van der Waals surface area contributed by atoms with Crippen LogP contribution in [0.25, 0.3) is 0 Å². The van der Waals surface area contributed by atoms with Crippen molar-refractivity contribution in [2.45, 2.75) is 59.3 Å². The van der Waals surface area contributed by atoms with Crippen molar-refractivity contribution in [2.75, 3.05) is 0 Å². The molecular weight excluding hydrogens is 168 g/mol. The molecule has 0 unspecified atom stereocenters. The Balaban J connectivity index is 2.59. The van der Waals surface area contributed by atoms with Gasteiger partial charge in [-0.3, -0.25) is 0 Å². The second kappa shape index (κ2) is 5.00. The molecule has 0 aromatic carbocycles. The molecule has 1 fully saturated rings. The number of rotatable bonds is 4. The summed E-state index contributed by atoms with van der Waals surface area (Å²) in [7, 11) is 0. The molecular formula is C14H26. The monoisotopic (exact) mass is 194 g/mol. The summed E-state index contributed by atoms with van der Waals surface area (Å²) >= 11 is 0. The van der Waals surface area contributed by atoms with Gasteiger partial charge in [0.25, 0.3) is 0 Å². The van der Waals surface area contributed by atoms with Crippen LogP contribution in [0, 0.1) is 17.3 Å². The lowest BCUT2D eigenvalue weighted by molar-refractivity contribution is 0.0892. The van der Waals surface area contributed by atoms with Crippen molar-refractivity contribution < 1.29 is 0 Å². The third-order valence-corrected chi connectivity index (χ3v) is 4.33.